The molecule has 0 spiro atoms. The van der Waals surface area contributed by atoms with E-state index >= 15 is 0 Å². The molecule has 0 aromatic heterocycles. The van der Waals surface area contributed by atoms with Crippen LogP contribution in [0.5, 0.6) is 0 Å². The Hall–Kier alpha value is -0.210. The first-order valence-electron chi connectivity index (χ1n) is 4.67. The molecule has 0 saturated carbocycles. The summed E-state index contributed by atoms with van der Waals surface area (Å²) < 4.78 is 34.4. The van der Waals surface area contributed by atoms with E-state index in [0.717, 1.165) is 0 Å². The molecule has 0 rings (SSSR count). The number of ether oxygens (including phenoxy) is 2. The van der Waals surface area contributed by atoms with E-state index in [1.54, 1.807) is 0 Å². The molecule has 0 aromatic rings. The lowest BCUT2D eigenvalue weighted by Gasteiger charge is -2.22. The first-order chi connectivity index (χ1) is 6.96. The van der Waals surface area contributed by atoms with Crippen LogP contribution in [0.15, 0.2) is 0 Å². The second-order valence-corrected chi connectivity index (χ2v) is 5.15. The minimum atomic E-state index is -3.15. The second-order valence-electron chi connectivity index (χ2n) is 3.11. The quantitative estimate of drug-likeness (QED) is 0.540. The molecule has 7 heteroatoms. The lowest BCUT2D eigenvalue weighted by atomic mass is 10.3. The van der Waals surface area contributed by atoms with Crippen LogP contribution in [0.4, 0.5) is 0 Å². The van der Waals surface area contributed by atoms with Crippen LogP contribution in [0, 0.1) is 0 Å². The van der Waals surface area contributed by atoms with E-state index in [2.05, 4.69) is 10.0 Å². The molecular weight excluding hydrogens is 220 g/mol. The van der Waals surface area contributed by atoms with E-state index in [0.29, 0.717) is 6.54 Å². The Balaban J connectivity index is 3.86. The van der Waals surface area contributed by atoms with E-state index in [1.165, 1.54) is 21.3 Å². The van der Waals surface area contributed by atoms with Gasteiger partial charge in [0.05, 0.1) is 11.8 Å². The molecule has 0 amide bonds. The van der Waals surface area contributed by atoms with Gasteiger partial charge in [-0.25, -0.2) is 13.1 Å². The van der Waals surface area contributed by atoms with Gasteiger partial charge in [-0.1, -0.05) is 0 Å². The minimum absolute atomic E-state index is 0.0357. The third-order valence-electron chi connectivity index (χ3n) is 2.02. The summed E-state index contributed by atoms with van der Waals surface area (Å²) in [7, 11) is 1.32. The molecule has 0 aliphatic heterocycles. The van der Waals surface area contributed by atoms with E-state index in [-0.39, 0.29) is 18.1 Å². The van der Waals surface area contributed by atoms with Gasteiger partial charge >= 0.3 is 0 Å². The van der Waals surface area contributed by atoms with Crippen molar-refractivity contribution in [3.63, 3.8) is 0 Å². The summed E-state index contributed by atoms with van der Waals surface area (Å²) in [6, 6.07) is -0.0629. The van der Waals surface area contributed by atoms with Crippen LogP contribution in [-0.4, -0.2) is 54.3 Å². The lowest BCUT2D eigenvalue weighted by molar-refractivity contribution is -0.119. The number of methoxy groups -OCH3 is 2. The van der Waals surface area contributed by atoms with Gasteiger partial charge in [-0.05, 0) is 14.0 Å². The molecule has 0 aromatic carbocycles. The molecule has 0 aliphatic rings. The molecule has 1 atom stereocenters. The summed E-state index contributed by atoms with van der Waals surface area (Å²) >= 11 is 0. The summed E-state index contributed by atoms with van der Waals surface area (Å²) in [6.45, 7) is 2.22. The van der Waals surface area contributed by atoms with E-state index in [9.17, 15) is 8.42 Å². The predicted molar refractivity (Wildman–Crippen MR) is 58.1 cm³/mol. The zero-order valence-electron chi connectivity index (χ0n) is 9.61. The standard InChI is InChI=1S/C8H20N2O4S/c1-7(8(13-3)14-4)10-5-6-15(11,12)9-2/h7-10H,5-6H2,1-4H3. The highest BCUT2D eigenvalue weighted by Gasteiger charge is 2.15. The topological polar surface area (TPSA) is 76.7 Å². The van der Waals surface area contributed by atoms with Crippen molar-refractivity contribution in [3.05, 3.63) is 0 Å². The van der Waals surface area contributed by atoms with Gasteiger partial charge in [-0.15, -0.1) is 0 Å². The Morgan fingerprint density at radius 3 is 2.20 bits per heavy atom. The Kier molecular flexibility index (Phi) is 7.03. The molecule has 0 fully saturated rings. The SMILES string of the molecule is CNS(=O)(=O)CCNC(C)C(OC)OC. The Bertz CT molecular complexity index is 251. The van der Waals surface area contributed by atoms with Crippen molar-refractivity contribution in [2.75, 3.05) is 33.6 Å². The zero-order valence-corrected chi connectivity index (χ0v) is 10.4. The second kappa shape index (κ2) is 7.13. The van der Waals surface area contributed by atoms with Crippen LogP contribution in [0.25, 0.3) is 0 Å². The number of sulfonamides is 1. The average molecular weight is 240 g/mol. The molecule has 2 N–H and O–H groups in total. The van der Waals surface area contributed by atoms with Crippen molar-refractivity contribution in [1.29, 1.82) is 0 Å². The third-order valence-corrected chi connectivity index (χ3v) is 3.38. The van der Waals surface area contributed by atoms with Gasteiger partial charge in [-0.2, -0.15) is 0 Å². The molecule has 0 heterocycles. The molecule has 0 bridgehead atoms. The Morgan fingerprint density at radius 1 is 1.27 bits per heavy atom. The molecular formula is C8H20N2O4S. The first kappa shape index (κ1) is 14.8. The fraction of sp³-hybridized carbons (Fsp3) is 1.00. The van der Waals surface area contributed by atoms with E-state index in [4.69, 9.17) is 9.47 Å². The van der Waals surface area contributed by atoms with Gasteiger partial charge in [0.1, 0.15) is 0 Å². The molecule has 0 aliphatic carbocycles. The summed E-state index contributed by atoms with van der Waals surface area (Å²) in [4.78, 5) is 0. The van der Waals surface area contributed by atoms with Crippen molar-refractivity contribution in [2.45, 2.75) is 19.3 Å². The van der Waals surface area contributed by atoms with Gasteiger partial charge in [0.2, 0.25) is 10.0 Å². The highest BCUT2D eigenvalue weighted by Crippen LogP contribution is 1.97. The monoisotopic (exact) mass is 240 g/mol. The van der Waals surface area contributed by atoms with Crippen molar-refractivity contribution in [2.24, 2.45) is 0 Å². The number of nitrogens with one attached hydrogen (secondary N) is 2. The minimum Gasteiger partial charge on any atom is -0.354 e. The maximum atomic E-state index is 11.1. The average Bonchev–Trinajstić information content (AvgIpc) is 2.19. The van der Waals surface area contributed by atoms with E-state index in [1.807, 2.05) is 6.92 Å². The molecule has 0 saturated heterocycles. The smallest absolute Gasteiger partial charge is 0.212 e. The molecule has 0 radical (unpaired) electrons. The third kappa shape index (κ3) is 6.06. The molecule has 15 heavy (non-hydrogen) atoms. The highest BCUT2D eigenvalue weighted by molar-refractivity contribution is 7.89. The van der Waals surface area contributed by atoms with Gasteiger partial charge in [0, 0.05) is 20.8 Å². The maximum Gasteiger partial charge on any atom is 0.212 e. The number of hydrogen-bond acceptors (Lipinski definition) is 5. The van der Waals surface area contributed by atoms with Crippen LogP contribution >= 0.6 is 0 Å². The normalized spacial score (nSPS) is 14.5. The number of hydrogen-bond donors (Lipinski definition) is 2. The fourth-order valence-electron chi connectivity index (χ4n) is 1.12. The fourth-order valence-corrected chi connectivity index (χ4v) is 1.71. The first-order valence-corrected chi connectivity index (χ1v) is 6.32. The summed E-state index contributed by atoms with van der Waals surface area (Å²) in [5.74, 6) is 0.0357. The molecule has 1 unspecified atom stereocenters. The van der Waals surface area contributed by atoms with Gasteiger partial charge in [-0.3, -0.25) is 0 Å². The van der Waals surface area contributed by atoms with Crippen molar-refractivity contribution >= 4 is 10.0 Å². The maximum absolute atomic E-state index is 11.1. The lowest BCUT2D eigenvalue weighted by Crippen LogP contribution is -2.42. The summed E-state index contributed by atoms with van der Waals surface area (Å²) in [6.07, 6.45) is -0.373. The van der Waals surface area contributed by atoms with E-state index < -0.39 is 10.0 Å². The van der Waals surface area contributed by atoms with Crippen LogP contribution in [-0.2, 0) is 19.5 Å². The highest BCUT2D eigenvalue weighted by atomic mass is 32.2. The zero-order chi connectivity index (χ0) is 11.9. The Labute approximate surface area is 91.4 Å². The van der Waals surface area contributed by atoms with Crippen LogP contribution in [0.2, 0.25) is 0 Å². The van der Waals surface area contributed by atoms with Crippen LogP contribution in [0.3, 0.4) is 0 Å². The predicted octanol–water partition coefficient (Wildman–Crippen LogP) is -0.867. The van der Waals surface area contributed by atoms with Crippen molar-refractivity contribution in [1.82, 2.24) is 10.0 Å². The van der Waals surface area contributed by atoms with Gasteiger partial charge in [0.15, 0.2) is 6.29 Å². The van der Waals surface area contributed by atoms with Crippen LogP contribution < -0.4 is 10.0 Å². The molecule has 92 valence electrons. The number of rotatable bonds is 8. The van der Waals surface area contributed by atoms with Crippen LogP contribution in [0.1, 0.15) is 6.92 Å². The largest absolute Gasteiger partial charge is 0.354 e. The van der Waals surface area contributed by atoms with Gasteiger partial charge in [0.25, 0.3) is 0 Å². The summed E-state index contributed by atoms with van der Waals surface area (Å²) in [5, 5.41) is 3.01. The molecule has 6 nitrogen and oxygen atoms in total. The van der Waals surface area contributed by atoms with Crippen molar-refractivity contribution < 1.29 is 17.9 Å². The van der Waals surface area contributed by atoms with Gasteiger partial charge < -0.3 is 14.8 Å². The summed E-state index contributed by atoms with van der Waals surface area (Å²) in [5.41, 5.74) is 0. The Morgan fingerprint density at radius 2 is 1.80 bits per heavy atom. The van der Waals surface area contributed by atoms with Crippen molar-refractivity contribution in [3.8, 4) is 0 Å².